The number of hydrogen-bond acceptors (Lipinski definition) is 3. The highest BCUT2D eigenvalue weighted by Crippen LogP contribution is 2.23. The van der Waals surface area contributed by atoms with Crippen molar-refractivity contribution in [2.24, 2.45) is 0 Å². The van der Waals surface area contributed by atoms with Gasteiger partial charge in [0.05, 0.1) is 6.54 Å². The third-order valence-electron chi connectivity index (χ3n) is 4.75. The first-order valence-electron chi connectivity index (χ1n) is 10.1. The summed E-state index contributed by atoms with van der Waals surface area (Å²) in [5.41, 5.74) is 4.39. The molecule has 0 saturated heterocycles. The molecule has 0 heterocycles. The normalized spacial score (nSPS) is 10.5. The second-order valence-corrected chi connectivity index (χ2v) is 7.39. The molecule has 0 aliphatic carbocycles. The Labute approximate surface area is 177 Å². The lowest BCUT2D eigenvalue weighted by Gasteiger charge is -2.14. The van der Waals surface area contributed by atoms with Crippen LogP contribution in [0.2, 0.25) is 0 Å². The number of carbonyl (C=O) groups excluding carboxylic acids is 2. The van der Waals surface area contributed by atoms with Gasteiger partial charge in [0, 0.05) is 23.5 Å². The highest BCUT2D eigenvalue weighted by Gasteiger charge is 2.09. The van der Waals surface area contributed by atoms with Crippen molar-refractivity contribution in [3.05, 3.63) is 95.6 Å². The van der Waals surface area contributed by atoms with Gasteiger partial charge in [-0.3, -0.25) is 9.59 Å². The first-order valence-corrected chi connectivity index (χ1v) is 10.1. The Balaban J connectivity index is 1.50. The summed E-state index contributed by atoms with van der Waals surface area (Å²) in [5, 5.41) is 8.94. The van der Waals surface area contributed by atoms with Gasteiger partial charge in [0.2, 0.25) is 5.91 Å². The molecule has 0 radical (unpaired) electrons. The maximum atomic E-state index is 12.3. The zero-order valence-corrected chi connectivity index (χ0v) is 17.3. The predicted octanol–water partition coefficient (Wildman–Crippen LogP) is 4.79. The molecule has 5 heteroatoms. The minimum Gasteiger partial charge on any atom is -0.376 e. The standard InChI is InChI=1S/C25H27N3O2/c1-18(2)22-10-6-7-11-23(22)26-17-24(29)28-21-14-12-20(13-15-21)25(30)27-16-19-8-4-3-5-9-19/h3-15,18,26H,16-17H2,1-2H3,(H,27,30)(H,28,29). The van der Waals surface area contributed by atoms with Gasteiger partial charge in [0.1, 0.15) is 0 Å². The number of anilines is 2. The number of hydrogen-bond donors (Lipinski definition) is 3. The smallest absolute Gasteiger partial charge is 0.251 e. The van der Waals surface area contributed by atoms with Crippen LogP contribution in [0.3, 0.4) is 0 Å². The molecule has 3 aromatic carbocycles. The molecule has 0 bridgehead atoms. The summed E-state index contributed by atoms with van der Waals surface area (Å²) in [6.07, 6.45) is 0. The Bertz CT molecular complexity index is 983. The highest BCUT2D eigenvalue weighted by molar-refractivity contribution is 5.96. The Morgan fingerprint density at radius 1 is 0.833 bits per heavy atom. The molecule has 0 aliphatic rings. The first-order chi connectivity index (χ1) is 14.5. The van der Waals surface area contributed by atoms with Gasteiger partial charge in [0.15, 0.2) is 0 Å². The molecule has 0 aromatic heterocycles. The quantitative estimate of drug-likeness (QED) is 0.508. The summed E-state index contributed by atoms with van der Waals surface area (Å²) in [4.78, 5) is 24.6. The number of benzene rings is 3. The van der Waals surface area contributed by atoms with E-state index in [0.717, 1.165) is 11.3 Å². The molecule has 0 aliphatic heterocycles. The SMILES string of the molecule is CC(C)c1ccccc1NCC(=O)Nc1ccc(C(=O)NCc2ccccc2)cc1. The minimum absolute atomic E-state index is 0.144. The zero-order valence-electron chi connectivity index (χ0n) is 17.3. The first kappa shape index (κ1) is 21.1. The number of amides is 2. The van der Waals surface area contributed by atoms with E-state index < -0.39 is 0 Å². The lowest BCUT2D eigenvalue weighted by molar-refractivity contribution is -0.114. The maximum absolute atomic E-state index is 12.3. The van der Waals surface area contributed by atoms with Crippen LogP contribution in [-0.2, 0) is 11.3 Å². The summed E-state index contributed by atoms with van der Waals surface area (Å²) in [6.45, 7) is 4.89. The van der Waals surface area contributed by atoms with Gasteiger partial charge < -0.3 is 16.0 Å². The van der Waals surface area contributed by atoms with Gasteiger partial charge in [-0.15, -0.1) is 0 Å². The van der Waals surface area contributed by atoms with E-state index in [4.69, 9.17) is 0 Å². The second kappa shape index (κ2) is 10.3. The van der Waals surface area contributed by atoms with Crippen molar-refractivity contribution in [2.45, 2.75) is 26.3 Å². The van der Waals surface area contributed by atoms with Crippen molar-refractivity contribution in [1.82, 2.24) is 5.32 Å². The average Bonchev–Trinajstić information content (AvgIpc) is 2.77. The van der Waals surface area contributed by atoms with Crippen LogP contribution >= 0.6 is 0 Å². The zero-order chi connectivity index (χ0) is 21.3. The van der Waals surface area contributed by atoms with Crippen LogP contribution in [0.15, 0.2) is 78.9 Å². The Morgan fingerprint density at radius 2 is 1.50 bits per heavy atom. The van der Waals surface area contributed by atoms with Crippen molar-refractivity contribution in [2.75, 3.05) is 17.2 Å². The summed E-state index contributed by atoms with van der Waals surface area (Å²) in [6, 6.07) is 24.6. The van der Waals surface area contributed by atoms with Crippen molar-refractivity contribution >= 4 is 23.2 Å². The van der Waals surface area contributed by atoms with Crippen LogP contribution in [-0.4, -0.2) is 18.4 Å². The van der Waals surface area contributed by atoms with Crippen molar-refractivity contribution in [3.8, 4) is 0 Å². The van der Waals surface area contributed by atoms with Crippen LogP contribution in [0.25, 0.3) is 0 Å². The van der Waals surface area contributed by atoms with E-state index in [2.05, 4.69) is 35.9 Å². The van der Waals surface area contributed by atoms with E-state index in [1.807, 2.05) is 48.5 Å². The third kappa shape index (κ3) is 5.95. The molecule has 5 nitrogen and oxygen atoms in total. The predicted molar refractivity (Wildman–Crippen MR) is 122 cm³/mol. The average molecular weight is 402 g/mol. The van der Waals surface area contributed by atoms with Gasteiger partial charge in [-0.25, -0.2) is 0 Å². The van der Waals surface area contributed by atoms with Gasteiger partial charge in [-0.1, -0.05) is 62.4 Å². The van der Waals surface area contributed by atoms with Gasteiger partial charge >= 0.3 is 0 Å². The van der Waals surface area contributed by atoms with Crippen molar-refractivity contribution < 1.29 is 9.59 Å². The van der Waals surface area contributed by atoms with Crippen molar-refractivity contribution in [1.29, 1.82) is 0 Å². The Kier molecular flexibility index (Phi) is 7.22. The Hall–Kier alpha value is -3.60. The topological polar surface area (TPSA) is 70.2 Å². The van der Waals surface area contributed by atoms with Crippen LogP contribution in [0.5, 0.6) is 0 Å². The summed E-state index contributed by atoms with van der Waals surface area (Å²) >= 11 is 0. The fourth-order valence-electron chi connectivity index (χ4n) is 3.13. The molecule has 0 saturated carbocycles. The molecule has 0 unspecified atom stereocenters. The molecule has 3 N–H and O–H groups in total. The van der Waals surface area contributed by atoms with Gasteiger partial charge in [0.25, 0.3) is 5.91 Å². The summed E-state index contributed by atoms with van der Waals surface area (Å²) in [5.74, 6) is 0.0795. The minimum atomic E-state index is -0.149. The largest absolute Gasteiger partial charge is 0.376 e. The number of para-hydroxylation sites is 1. The van der Waals surface area contributed by atoms with E-state index >= 15 is 0 Å². The van der Waals surface area contributed by atoms with E-state index in [0.29, 0.717) is 23.7 Å². The molecule has 30 heavy (non-hydrogen) atoms. The summed E-state index contributed by atoms with van der Waals surface area (Å²) < 4.78 is 0. The highest BCUT2D eigenvalue weighted by atomic mass is 16.2. The lowest BCUT2D eigenvalue weighted by atomic mass is 10.0. The van der Waals surface area contributed by atoms with Gasteiger partial charge in [-0.2, -0.15) is 0 Å². The van der Waals surface area contributed by atoms with Crippen LogP contribution in [0.1, 0.15) is 41.3 Å². The molecule has 3 aromatic rings. The Morgan fingerprint density at radius 3 is 2.20 bits per heavy atom. The van der Waals surface area contributed by atoms with E-state index in [1.54, 1.807) is 24.3 Å². The van der Waals surface area contributed by atoms with Crippen molar-refractivity contribution in [3.63, 3.8) is 0 Å². The lowest BCUT2D eigenvalue weighted by Crippen LogP contribution is -2.23. The third-order valence-corrected chi connectivity index (χ3v) is 4.75. The van der Waals surface area contributed by atoms with Crippen LogP contribution in [0.4, 0.5) is 11.4 Å². The monoisotopic (exact) mass is 401 g/mol. The van der Waals surface area contributed by atoms with Crippen LogP contribution < -0.4 is 16.0 Å². The molecule has 0 spiro atoms. The second-order valence-electron chi connectivity index (χ2n) is 7.39. The molecular formula is C25H27N3O2. The van der Waals surface area contributed by atoms with E-state index in [-0.39, 0.29) is 18.4 Å². The molecular weight excluding hydrogens is 374 g/mol. The fourth-order valence-corrected chi connectivity index (χ4v) is 3.13. The molecule has 3 rings (SSSR count). The number of rotatable bonds is 8. The van der Waals surface area contributed by atoms with Gasteiger partial charge in [-0.05, 0) is 47.4 Å². The maximum Gasteiger partial charge on any atom is 0.251 e. The molecule has 0 fully saturated rings. The van der Waals surface area contributed by atoms with E-state index in [1.165, 1.54) is 5.56 Å². The van der Waals surface area contributed by atoms with Crippen LogP contribution in [0, 0.1) is 0 Å². The van der Waals surface area contributed by atoms with E-state index in [9.17, 15) is 9.59 Å². The molecule has 2 amide bonds. The number of nitrogens with one attached hydrogen (secondary N) is 3. The summed E-state index contributed by atoms with van der Waals surface area (Å²) in [7, 11) is 0. The number of carbonyl (C=O) groups is 2. The fraction of sp³-hybridized carbons (Fsp3) is 0.200. The molecule has 154 valence electrons. The molecule has 0 atom stereocenters.